The molecule has 0 aromatic carbocycles. The first-order valence-electron chi connectivity index (χ1n) is 5.25. The van der Waals surface area contributed by atoms with E-state index in [0.29, 0.717) is 11.5 Å². The highest BCUT2D eigenvalue weighted by atomic mass is 15.0. The van der Waals surface area contributed by atoms with Crippen LogP contribution in [0.2, 0.25) is 0 Å². The summed E-state index contributed by atoms with van der Waals surface area (Å²) in [6.45, 7) is 6.73. The lowest BCUT2D eigenvalue weighted by molar-refractivity contribution is 0.167. The largest absolute Gasteiger partial charge is 0.367 e. The molecule has 14 heavy (non-hydrogen) atoms. The van der Waals surface area contributed by atoms with E-state index in [0.717, 1.165) is 5.82 Å². The number of hydrogen-bond donors (Lipinski definition) is 1. The van der Waals surface area contributed by atoms with Gasteiger partial charge in [-0.2, -0.15) is 0 Å². The molecule has 1 heterocycles. The fourth-order valence-corrected chi connectivity index (χ4v) is 2.21. The molecule has 0 aliphatic heterocycles. The summed E-state index contributed by atoms with van der Waals surface area (Å²) < 4.78 is 0. The molecule has 2 heteroatoms. The van der Waals surface area contributed by atoms with Gasteiger partial charge in [-0.1, -0.05) is 19.9 Å². The second kappa shape index (κ2) is 3.26. The lowest BCUT2D eigenvalue weighted by atomic mass is 9.68. The first-order chi connectivity index (χ1) is 6.57. The molecule has 1 N–H and O–H groups in total. The number of aromatic nitrogens is 1. The molecule has 0 radical (unpaired) electrons. The summed E-state index contributed by atoms with van der Waals surface area (Å²) in [7, 11) is 0. The van der Waals surface area contributed by atoms with Gasteiger partial charge in [0.05, 0.1) is 0 Å². The number of nitrogens with zero attached hydrogens (tertiary/aromatic N) is 1. The Hall–Kier alpha value is -1.05. The van der Waals surface area contributed by atoms with Crippen LogP contribution in [0.3, 0.4) is 0 Å². The standard InChI is InChI=1S/C12H18N2/c1-9-5-4-6-13-11(9)14-10-7-12(2,3)8-10/h4-6,10H,7-8H2,1-3H3,(H,13,14). The quantitative estimate of drug-likeness (QED) is 0.775. The predicted octanol–water partition coefficient (Wildman–Crippen LogP) is 2.99. The van der Waals surface area contributed by atoms with Crippen molar-refractivity contribution in [1.29, 1.82) is 0 Å². The first-order valence-corrected chi connectivity index (χ1v) is 5.25. The summed E-state index contributed by atoms with van der Waals surface area (Å²) in [5, 5.41) is 3.49. The van der Waals surface area contributed by atoms with E-state index < -0.39 is 0 Å². The Morgan fingerprint density at radius 2 is 2.14 bits per heavy atom. The van der Waals surface area contributed by atoms with Crippen molar-refractivity contribution in [3.63, 3.8) is 0 Å². The number of hydrogen-bond acceptors (Lipinski definition) is 2. The van der Waals surface area contributed by atoms with Crippen molar-refractivity contribution in [2.24, 2.45) is 5.41 Å². The Labute approximate surface area is 85.7 Å². The van der Waals surface area contributed by atoms with Crippen molar-refractivity contribution in [1.82, 2.24) is 4.98 Å². The van der Waals surface area contributed by atoms with Gasteiger partial charge in [0.1, 0.15) is 5.82 Å². The van der Waals surface area contributed by atoms with Gasteiger partial charge in [0.25, 0.3) is 0 Å². The number of pyridine rings is 1. The van der Waals surface area contributed by atoms with E-state index in [1.807, 2.05) is 12.3 Å². The molecule has 0 saturated heterocycles. The smallest absolute Gasteiger partial charge is 0.129 e. The van der Waals surface area contributed by atoms with E-state index >= 15 is 0 Å². The number of nitrogens with one attached hydrogen (secondary N) is 1. The van der Waals surface area contributed by atoms with Crippen molar-refractivity contribution in [2.75, 3.05) is 5.32 Å². The summed E-state index contributed by atoms with van der Waals surface area (Å²) in [6, 6.07) is 4.70. The Bertz CT molecular complexity index is 323. The van der Waals surface area contributed by atoms with Crippen LogP contribution in [-0.4, -0.2) is 11.0 Å². The molecule has 1 aliphatic rings. The van der Waals surface area contributed by atoms with Crippen molar-refractivity contribution >= 4 is 5.82 Å². The van der Waals surface area contributed by atoms with Crippen LogP contribution in [0.4, 0.5) is 5.82 Å². The minimum absolute atomic E-state index is 0.528. The van der Waals surface area contributed by atoms with Crippen LogP contribution in [0.25, 0.3) is 0 Å². The maximum absolute atomic E-state index is 4.34. The fraction of sp³-hybridized carbons (Fsp3) is 0.583. The van der Waals surface area contributed by atoms with E-state index in [9.17, 15) is 0 Å². The number of rotatable bonds is 2. The maximum atomic E-state index is 4.34. The normalized spacial score (nSPS) is 20.2. The van der Waals surface area contributed by atoms with Gasteiger partial charge in [-0.05, 0) is 36.8 Å². The van der Waals surface area contributed by atoms with E-state index in [2.05, 4.69) is 37.1 Å². The molecule has 76 valence electrons. The molecule has 1 aliphatic carbocycles. The molecule has 0 amide bonds. The third-order valence-corrected chi connectivity index (χ3v) is 2.95. The molecule has 0 bridgehead atoms. The topological polar surface area (TPSA) is 24.9 Å². The highest BCUT2D eigenvalue weighted by Gasteiger charge is 2.36. The molecule has 1 aromatic heterocycles. The SMILES string of the molecule is Cc1cccnc1NC1CC(C)(C)C1. The van der Waals surface area contributed by atoms with E-state index in [4.69, 9.17) is 0 Å². The molecule has 1 aromatic rings. The zero-order valence-electron chi connectivity index (χ0n) is 9.17. The van der Waals surface area contributed by atoms with Gasteiger partial charge in [0.15, 0.2) is 0 Å². The van der Waals surface area contributed by atoms with Crippen molar-refractivity contribution in [3.05, 3.63) is 23.9 Å². The highest BCUT2D eigenvalue weighted by molar-refractivity contribution is 5.44. The van der Waals surface area contributed by atoms with Crippen LogP contribution < -0.4 is 5.32 Å². The van der Waals surface area contributed by atoms with Crippen LogP contribution in [0, 0.1) is 12.3 Å². The molecule has 1 saturated carbocycles. The fourth-order valence-electron chi connectivity index (χ4n) is 2.21. The van der Waals surface area contributed by atoms with Gasteiger partial charge in [-0.15, -0.1) is 0 Å². The summed E-state index contributed by atoms with van der Waals surface area (Å²) in [4.78, 5) is 4.34. The summed E-state index contributed by atoms with van der Waals surface area (Å²) in [5.41, 5.74) is 1.76. The molecule has 0 spiro atoms. The zero-order chi connectivity index (χ0) is 10.2. The molecular weight excluding hydrogens is 172 g/mol. The Morgan fingerprint density at radius 3 is 2.71 bits per heavy atom. The van der Waals surface area contributed by atoms with E-state index in [1.54, 1.807) is 0 Å². The van der Waals surface area contributed by atoms with Crippen LogP contribution in [0.5, 0.6) is 0 Å². The maximum Gasteiger partial charge on any atom is 0.129 e. The highest BCUT2D eigenvalue weighted by Crippen LogP contribution is 2.41. The third-order valence-electron chi connectivity index (χ3n) is 2.95. The van der Waals surface area contributed by atoms with Gasteiger partial charge in [-0.25, -0.2) is 4.98 Å². The molecule has 0 atom stereocenters. The van der Waals surface area contributed by atoms with Gasteiger partial charge < -0.3 is 5.32 Å². The second-order valence-corrected chi connectivity index (χ2v) is 5.08. The van der Waals surface area contributed by atoms with Crippen LogP contribution >= 0.6 is 0 Å². The van der Waals surface area contributed by atoms with E-state index in [1.165, 1.54) is 18.4 Å². The Kier molecular flexibility index (Phi) is 2.22. The van der Waals surface area contributed by atoms with Gasteiger partial charge in [-0.3, -0.25) is 0 Å². The lowest BCUT2D eigenvalue weighted by Crippen LogP contribution is -2.41. The second-order valence-electron chi connectivity index (χ2n) is 5.08. The lowest BCUT2D eigenvalue weighted by Gasteiger charge is -2.43. The molecular formula is C12H18N2. The zero-order valence-corrected chi connectivity index (χ0v) is 9.17. The van der Waals surface area contributed by atoms with Crippen LogP contribution in [-0.2, 0) is 0 Å². The van der Waals surface area contributed by atoms with Crippen molar-refractivity contribution in [2.45, 2.75) is 39.7 Å². The van der Waals surface area contributed by atoms with Gasteiger partial charge in [0, 0.05) is 12.2 Å². The van der Waals surface area contributed by atoms with Crippen molar-refractivity contribution < 1.29 is 0 Å². The Balaban J connectivity index is 1.97. The monoisotopic (exact) mass is 190 g/mol. The van der Waals surface area contributed by atoms with Crippen LogP contribution in [0.15, 0.2) is 18.3 Å². The van der Waals surface area contributed by atoms with Crippen LogP contribution in [0.1, 0.15) is 32.3 Å². The van der Waals surface area contributed by atoms with Gasteiger partial charge >= 0.3 is 0 Å². The molecule has 2 rings (SSSR count). The minimum Gasteiger partial charge on any atom is -0.367 e. The number of anilines is 1. The predicted molar refractivity (Wildman–Crippen MR) is 59.4 cm³/mol. The number of aryl methyl sites for hydroxylation is 1. The third kappa shape index (κ3) is 1.89. The summed E-state index contributed by atoms with van der Waals surface area (Å²) in [6.07, 6.45) is 4.35. The molecule has 0 unspecified atom stereocenters. The van der Waals surface area contributed by atoms with Gasteiger partial charge in [0.2, 0.25) is 0 Å². The average molecular weight is 190 g/mol. The Morgan fingerprint density at radius 1 is 1.43 bits per heavy atom. The molecule has 2 nitrogen and oxygen atoms in total. The minimum atomic E-state index is 0.528. The average Bonchev–Trinajstić information content (AvgIpc) is 2.05. The molecule has 1 fully saturated rings. The van der Waals surface area contributed by atoms with Crippen molar-refractivity contribution in [3.8, 4) is 0 Å². The summed E-state index contributed by atoms with van der Waals surface area (Å²) in [5.74, 6) is 1.05. The first kappa shape index (κ1) is 9.50. The van der Waals surface area contributed by atoms with E-state index in [-0.39, 0.29) is 0 Å². The summed E-state index contributed by atoms with van der Waals surface area (Å²) >= 11 is 0.